The monoisotopic (exact) mass is 262 g/mol. The van der Waals surface area contributed by atoms with E-state index in [0.29, 0.717) is 12.6 Å². The molecule has 0 saturated heterocycles. The van der Waals surface area contributed by atoms with Gasteiger partial charge in [0.2, 0.25) is 0 Å². The Morgan fingerprint density at radius 1 is 1.00 bits per heavy atom. The minimum absolute atomic E-state index is 0.0997. The van der Waals surface area contributed by atoms with Gasteiger partial charge in [-0.05, 0) is 50.3 Å². The molecule has 1 rings (SSSR count). The van der Waals surface area contributed by atoms with Crippen LogP contribution < -0.4 is 11.1 Å². The highest BCUT2D eigenvalue weighted by molar-refractivity contribution is 5.29. The lowest BCUT2D eigenvalue weighted by atomic mass is 9.86. The second-order valence-corrected chi connectivity index (χ2v) is 7.40. The normalized spacial score (nSPS) is 14.5. The standard InChI is InChI=1S/C17H30N2/c1-16(2,3)14-9-7-13(8-10-14)15(11-12-18)19-17(4,5)6/h7-10,15,19H,11-12,18H2,1-6H3. The molecule has 0 aromatic heterocycles. The van der Waals surface area contributed by atoms with Crippen LogP contribution in [0, 0.1) is 0 Å². The fourth-order valence-corrected chi connectivity index (χ4v) is 2.23. The van der Waals surface area contributed by atoms with Crippen molar-refractivity contribution >= 4 is 0 Å². The van der Waals surface area contributed by atoms with Crippen LogP contribution >= 0.6 is 0 Å². The lowest BCUT2D eigenvalue weighted by Crippen LogP contribution is -2.39. The zero-order valence-electron chi connectivity index (χ0n) is 13.4. The van der Waals surface area contributed by atoms with Crippen molar-refractivity contribution in [1.82, 2.24) is 5.32 Å². The van der Waals surface area contributed by atoms with Crippen LogP contribution in [0.25, 0.3) is 0 Å². The van der Waals surface area contributed by atoms with Crippen LogP contribution in [0.15, 0.2) is 24.3 Å². The summed E-state index contributed by atoms with van der Waals surface area (Å²) in [6.45, 7) is 14.0. The molecule has 1 aromatic rings. The first-order valence-corrected chi connectivity index (χ1v) is 7.22. The van der Waals surface area contributed by atoms with Crippen LogP contribution in [0.5, 0.6) is 0 Å². The molecule has 1 aromatic carbocycles. The van der Waals surface area contributed by atoms with Gasteiger partial charge in [-0.1, -0.05) is 45.0 Å². The summed E-state index contributed by atoms with van der Waals surface area (Å²) < 4.78 is 0. The van der Waals surface area contributed by atoms with E-state index in [-0.39, 0.29) is 11.0 Å². The number of nitrogens with two attached hydrogens (primary N) is 1. The van der Waals surface area contributed by atoms with Gasteiger partial charge in [0, 0.05) is 11.6 Å². The van der Waals surface area contributed by atoms with E-state index in [2.05, 4.69) is 71.1 Å². The highest BCUT2D eigenvalue weighted by Gasteiger charge is 2.19. The van der Waals surface area contributed by atoms with Gasteiger partial charge in [-0.3, -0.25) is 0 Å². The number of nitrogens with one attached hydrogen (secondary N) is 1. The molecular weight excluding hydrogens is 232 g/mol. The van der Waals surface area contributed by atoms with Crippen LogP contribution in [0.1, 0.15) is 65.1 Å². The molecule has 0 aliphatic heterocycles. The Morgan fingerprint density at radius 3 is 1.89 bits per heavy atom. The predicted octanol–water partition coefficient (Wildman–Crippen LogP) is 3.76. The largest absolute Gasteiger partial charge is 0.330 e. The summed E-state index contributed by atoms with van der Waals surface area (Å²) in [7, 11) is 0. The molecule has 0 aliphatic rings. The lowest BCUT2D eigenvalue weighted by molar-refractivity contribution is 0.353. The Balaban J connectivity index is 2.91. The quantitative estimate of drug-likeness (QED) is 0.867. The summed E-state index contributed by atoms with van der Waals surface area (Å²) in [5, 5.41) is 3.65. The van der Waals surface area contributed by atoms with Crippen LogP contribution in [0.3, 0.4) is 0 Å². The van der Waals surface area contributed by atoms with Crippen LogP contribution in [0.2, 0.25) is 0 Å². The highest BCUT2D eigenvalue weighted by Crippen LogP contribution is 2.25. The van der Waals surface area contributed by atoms with Crippen molar-refractivity contribution < 1.29 is 0 Å². The van der Waals surface area contributed by atoms with Crippen molar-refractivity contribution in [3.63, 3.8) is 0 Å². The summed E-state index contributed by atoms with van der Waals surface area (Å²) in [5.74, 6) is 0. The van der Waals surface area contributed by atoms with Gasteiger partial charge in [0.05, 0.1) is 0 Å². The van der Waals surface area contributed by atoms with Crippen LogP contribution in [0.4, 0.5) is 0 Å². The predicted molar refractivity (Wildman–Crippen MR) is 84.4 cm³/mol. The summed E-state index contributed by atoms with van der Waals surface area (Å²) >= 11 is 0. The molecule has 0 heterocycles. The van der Waals surface area contributed by atoms with Crippen molar-refractivity contribution in [2.24, 2.45) is 5.73 Å². The Bertz CT molecular complexity index is 379. The fourth-order valence-electron chi connectivity index (χ4n) is 2.23. The van der Waals surface area contributed by atoms with E-state index in [1.54, 1.807) is 0 Å². The molecular formula is C17H30N2. The van der Waals surface area contributed by atoms with Gasteiger partial charge in [0.1, 0.15) is 0 Å². The van der Waals surface area contributed by atoms with E-state index in [0.717, 1.165) is 6.42 Å². The van der Waals surface area contributed by atoms with Gasteiger partial charge >= 0.3 is 0 Å². The number of hydrogen-bond donors (Lipinski definition) is 2. The van der Waals surface area contributed by atoms with E-state index in [1.807, 2.05) is 0 Å². The first kappa shape index (κ1) is 16.2. The van der Waals surface area contributed by atoms with E-state index < -0.39 is 0 Å². The van der Waals surface area contributed by atoms with Gasteiger partial charge in [0.15, 0.2) is 0 Å². The smallest absolute Gasteiger partial charge is 0.0336 e. The highest BCUT2D eigenvalue weighted by atomic mass is 15.0. The van der Waals surface area contributed by atoms with Crippen molar-refractivity contribution in [3.05, 3.63) is 35.4 Å². The second-order valence-electron chi connectivity index (χ2n) is 7.40. The van der Waals surface area contributed by atoms with Gasteiger partial charge in [-0.15, -0.1) is 0 Å². The molecule has 0 amide bonds. The fraction of sp³-hybridized carbons (Fsp3) is 0.647. The summed E-state index contributed by atoms with van der Waals surface area (Å²) in [6, 6.07) is 9.28. The molecule has 19 heavy (non-hydrogen) atoms. The maximum Gasteiger partial charge on any atom is 0.0336 e. The Kier molecular flexibility index (Phi) is 5.17. The van der Waals surface area contributed by atoms with Gasteiger partial charge in [0.25, 0.3) is 0 Å². The maximum atomic E-state index is 5.74. The number of benzene rings is 1. The lowest BCUT2D eigenvalue weighted by Gasteiger charge is -2.29. The van der Waals surface area contributed by atoms with Gasteiger partial charge < -0.3 is 11.1 Å². The van der Waals surface area contributed by atoms with Crippen molar-refractivity contribution in [1.29, 1.82) is 0 Å². The molecule has 0 radical (unpaired) electrons. The molecule has 108 valence electrons. The SMILES string of the molecule is CC(C)(C)NC(CCN)c1ccc(C(C)(C)C)cc1. The van der Waals surface area contributed by atoms with Gasteiger partial charge in [-0.25, -0.2) is 0 Å². The molecule has 1 atom stereocenters. The summed E-state index contributed by atoms with van der Waals surface area (Å²) in [5.41, 5.74) is 8.75. The molecule has 0 saturated carbocycles. The average Bonchev–Trinajstić information content (AvgIpc) is 2.26. The Labute approximate surface area is 118 Å². The van der Waals surface area contributed by atoms with Crippen molar-refractivity contribution in [3.8, 4) is 0 Å². The molecule has 0 spiro atoms. The number of rotatable bonds is 4. The van der Waals surface area contributed by atoms with E-state index in [4.69, 9.17) is 5.73 Å². The van der Waals surface area contributed by atoms with Crippen LogP contribution in [-0.4, -0.2) is 12.1 Å². The average molecular weight is 262 g/mol. The molecule has 2 nitrogen and oxygen atoms in total. The molecule has 0 aliphatic carbocycles. The zero-order valence-corrected chi connectivity index (χ0v) is 13.4. The molecule has 0 bridgehead atoms. The third-order valence-corrected chi connectivity index (χ3v) is 3.24. The third kappa shape index (κ3) is 5.33. The maximum absolute atomic E-state index is 5.74. The number of hydrogen-bond acceptors (Lipinski definition) is 2. The first-order chi connectivity index (χ1) is 8.63. The molecule has 1 unspecified atom stereocenters. The minimum atomic E-state index is 0.0997. The Morgan fingerprint density at radius 2 is 1.53 bits per heavy atom. The van der Waals surface area contributed by atoms with E-state index in [9.17, 15) is 0 Å². The Hall–Kier alpha value is -0.860. The zero-order chi connectivity index (χ0) is 14.7. The topological polar surface area (TPSA) is 38.0 Å². The van der Waals surface area contributed by atoms with Crippen molar-refractivity contribution in [2.45, 2.75) is 65.0 Å². The van der Waals surface area contributed by atoms with Crippen molar-refractivity contribution in [2.75, 3.05) is 6.54 Å². The summed E-state index contributed by atoms with van der Waals surface area (Å²) in [4.78, 5) is 0. The van der Waals surface area contributed by atoms with Gasteiger partial charge in [-0.2, -0.15) is 0 Å². The van der Waals surface area contributed by atoms with E-state index in [1.165, 1.54) is 11.1 Å². The second kappa shape index (κ2) is 6.06. The molecule has 0 fully saturated rings. The third-order valence-electron chi connectivity index (χ3n) is 3.24. The van der Waals surface area contributed by atoms with Crippen LogP contribution in [-0.2, 0) is 5.41 Å². The first-order valence-electron chi connectivity index (χ1n) is 7.22. The minimum Gasteiger partial charge on any atom is -0.330 e. The molecule has 2 heteroatoms. The van der Waals surface area contributed by atoms with E-state index >= 15 is 0 Å². The molecule has 3 N–H and O–H groups in total. The summed E-state index contributed by atoms with van der Waals surface area (Å²) in [6.07, 6.45) is 0.964.